The predicted octanol–water partition coefficient (Wildman–Crippen LogP) is 5.22. The van der Waals surface area contributed by atoms with E-state index in [-0.39, 0.29) is 6.04 Å². The van der Waals surface area contributed by atoms with Gasteiger partial charge in [0.1, 0.15) is 0 Å². The quantitative estimate of drug-likeness (QED) is 0.812. The maximum absolute atomic E-state index is 6.56. The lowest BCUT2D eigenvalue weighted by atomic mass is 9.77. The second-order valence-electron chi connectivity index (χ2n) is 7.13. The van der Waals surface area contributed by atoms with E-state index in [0.717, 1.165) is 6.42 Å². The molecule has 0 fully saturated rings. The van der Waals surface area contributed by atoms with Gasteiger partial charge in [0.2, 0.25) is 0 Å². The van der Waals surface area contributed by atoms with Crippen LogP contribution in [0.1, 0.15) is 51.3 Å². The molecule has 2 rings (SSSR count). The molecule has 0 bridgehead atoms. The molecule has 0 aliphatic heterocycles. The number of fused-ring (bicyclic) bond motifs is 1. The summed E-state index contributed by atoms with van der Waals surface area (Å²) in [5, 5.41) is 2.59. The van der Waals surface area contributed by atoms with Crippen LogP contribution in [0.25, 0.3) is 10.8 Å². The molecule has 0 aliphatic rings. The summed E-state index contributed by atoms with van der Waals surface area (Å²) in [4.78, 5) is 0. The molecule has 0 amide bonds. The normalized spacial score (nSPS) is 15.3. The highest BCUT2D eigenvalue weighted by Crippen LogP contribution is 2.35. The van der Waals surface area contributed by atoms with Crippen LogP contribution in [0.4, 0.5) is 0 Å². The molecule has 0 saturated heterocycles. The highest BCUT2D eigenvalue weighted by molar-refractivity contribution is 5.87. The van der Waals surface area contributed by atoms with Crippen LogP contribution in [0.15, 0.2) is 36.4 Å². The first-order valence-electron chi connectivity index (χ1n) is 7.54. The molecule has 0 radical (unpaired) electrons. The van der Waals surface area contributed by atoms with Crippen LogP contribution < -0.4 is 5.73 Å². The maximum Gasteiger partial charge on any atom is 0.0306 e. The first-order valence-corrected chi connectivity index (χ1v) is 7.54. The van der Waals surface area contributed by atoms with Crippen LogP contribution in [-0.4, -0.2) is 0 Å². The molecule has 108 valence electrons. The maximum atomic E-state index is 6.56. The molecule has 20 heavy (non-hydrogen) atoms. The van der Waals surface area contributed by atoms with E-state index in [1.165, 1.54) is 21.9 Å². The summed E-state index contributed by atoms with van der Waals surface area (Å²) in [6.07, 6.45) is 1.03. The van der Waals surface area contributed by atoms with E-state index >= 15 is 0 Å². The Morgan fingerprint density at radius 1 is 1.05 bits per heavy atom. The van der Waals surface area contributed by atoms with Crippen molar-refractivity contribution in [1.82, 2.24) is 0 Å². The number of hydrogen-bond acceptors (Lipinski definition) is 1. The molecule has 0 aliphatic carbocycles. The fourth-order valence-electron chi connectivity index (χ4n) is 2.75. The van der Waals surface area contributed by atoms with Gasteiger partial charge in [-0.3, -0.25) is 0 Å². The van der Waals surface area contributed by atoms with Crippen LogP contribution in [0.3, 0.4) is 0 Å². The first-order chi connectivity index (χ1) is 9.30. The van der Waals surface area contributed by atoms with E-state index < -0.39 is 0 Å². The molecule has 2 aromatic rings. The standard InChI is InChI=1S/C19H27N/c1-13-10-11-15-8-6-7-9-16(15)18(13)17(20)12-14(2)19(3,4)5/h6-11,14,17H,12,20H2,1-5H3. The van der Waals surface area contributed by atoms with Crippen molar-refractivity contribution >= 4 is 10.8 Å². The van der Waals surface area contributed by atoms with Crippen LogP contribution >= 0.6 is 0 Å². The third kappa shape index (κ3) is 3.04. The monoisotopic (exact) mass is 269 g/mol. The molecule has 2 aromatic carbocycles. The van der Waals surface area contributed by atoms with E-state index in [0.29, 0.717) is 11.3 Å². The van der Waals surface area contributed by atoms with Crippen LogP contribution in [-0.2, 0) is 0 Å². The number of benzene rings is 2. The Morgan fingerprint density at radius 3 is 2.35 bits per heavy atom. The second-order valence-corrected chi connectivity index (χ2v) is 7.13. The Balaban J connectivity index is 2.39. The molecular formula is C19H27N. The fraction of sp³-hybridized carbons (Fsp3) is 0.474. The van der Waals surface area contributed by atoms with E-state index in [1.54, 1.807) is 0 Å². The SMILES string of the molecule is Cc1ccc2ccccc2c1C(N)CC(C)C(C)(C)C. The van der Waals surface area contributed by atoms with Crippen molar-refractivity contribution in [2.24, 2.45) is 17.1 Å². The zero-order valence-corrected chi connectivity index (χ0v) is 13.4. The van der Waals surface area contributed by atoms with E-state index in [1.807, 2.05) is 0 Å². The molecule has 2 unspecified atom stereocenters. The fourth-order valence-corrected chi connectivity index (χ4v) is 2.75. The van der Waals surface area contributed by atoms with Crippen LogP contribution in [0.2, 0.25) is 0 Å². The van der Waals surface area contributed by atoms with Crippen molar-refractivity contribution < 1.29 is 0 Å². The van der Waals surface area contributed by atoms with Gasteiger partial charge in [-0.2, -0.15) is 0 Å². The molecule has 0 heterocycles. The topological polar surface area (TPSA) is 26.0 Å². The Bertz CT molecular complexity index is 592. The van der Waals surface area contributed by atoms with Crippen molar-refractivity contribution in [3.8, 4) is 0 Å². The summed E-state index contributed by atoms with van der Waals surface area (Å²) in [6.45, 7) is 11.4. The summed E-state index contributed by atoms with van der Waals surface area (Å²) >= 11 is 0. The first kappa shape index (κ1) is 15.1. The third-order valence-corrected chi connectivity index (χ3v) is 4.65. The molecule has 2 N–H and O–H groups in total. The van der Waals surface area contributed by atoms with Gasteiger partial charge in [-0.15, -0.1) is 0 Å². The number of nitrogens with two attached hydrogens (primary N) is 1. The van der Waals surface area contributed by atoms with Gasteiger partial charge in [-0.25, -0.2) is 0 Å². The van der Waals surface area contributed by atoms with Crippen molar-refractivity contribution in [3.63, 3.8) is 0 Å². The Kier molecular flexibility index (Phi) is 4.19. The summed E-state index contributed by atoms with van der Waals surface area (Å²) in [5.74, 6) is 0.593. The minimum Gasteiger partial charge on any atom is -0.324 e. The van der Waals surface area contributed by atoms with Gasteiger partial charge in [0.15, 0.2) is 0 Å². The van der Waals surface area contributed by atoms with Crippen molar-refractivity contribution in [2.75, 3.05) is 0 Å². The molecule has 0 aromatic heterocycles. The van der Waals surface area contributed by atoms with Gasteiger partial charge < -0.3 is 5.73 Å². The van der Waals surface area contributed by atoms with Crippen molar-refractivity contribution in [2.45, 2.75) is 47.1 Å². The molecule has 0 saturated carbocycles. The summed E-state index contributed by atoms with van der Waals surface area (Å²) in [5.41, 5.74) is 9.48. The highest BCUT2D eigenvalue weighted by Gasteiger charge is 2.24. The lowest BCUT2D eigenvalue weighted by Gasteiger charge is -2.30. The predicted molar refractivity (Wildman–Crippen MR) is 88.8 cm³/mol. The smallest absolute Gasteiger partial charge is 0.0306 e. The molecular weight excluding hydrogens is 242 g/mol. The minimum atomic E-state index is 0.107. The van der Waals surface area contributed by atoms with Gasteiger partial charge in [0, 0.05) is 6.04 Å². The Hall–Kier alpha value is -1.34. The lowest BCUT2D eigenvalue weighted by Crippen LogP contribution is -2.23. The Morgan fingerprint density at radius 2 is 1.70 bits per heavy atom. The molecule has 1 heteroatoms. The van der Waals surface area contributed by atoms with Gasteiger partial charge in [0.05, 0.1) is 0 Å². The zero-order valence-electron chi connectivity index (χ0n) is 13.4. The second kappa shape index (κ2) is 5.57. The third-order valence-electron chi connectivity index (χ3n) is 4.65. The number of hydrogen-bond donors (Lipinski definition) is 1. The van der Waals surface area contributed by atoms with E-state index in [4.69, 9.17) is 5.73 Å². The van der Waals surface area contributed by atoms with Gasteiger partial charge in [0.25, 0.3) is 0 Å². The van der Waals surface area contributed by atoms with Crippen molar-refractivity contribution in [3.05, 3.63) is 47.5 Å². The largest absolute Gasteiger partial charge is 0.324 e. The van der Waals surface area contributed by atoms with E-state index in [2.05, 4.69) is 71.0 Å². The number of rotatable bonds is 3. The average Bonchev–Trinajstić information content (AvgIpc) is 2.37. The summed E-state index contributed by atoms with van der Waals surface area (Å²) in [6, 6.07) is 13.0. The average molecular weight is 269 g/mol. The highest BCUT2D eigenvalue weighted by atomic mass is 14.6. The van der Waals surface area contributed by atoms with E-state index in [9.17, 15) is 0 Å². The molecule has 0 spiro atoms. The summed E-state index contributed by atoms with van der Waals surface area (Å²) < 4.78 is 0. The van der Waals surface area contributed by atoms with Gasteiger partial charge in [-0.1, -0.05) is 64.1 Å². The lowest BCUT2D eigenvalue weighted by molar-refractivity contribution is 0.234. The zero-order chi connectivity index (χ0) is 14.9. The number of aryl methyl sites for hydroxylation is 1. The van der Waals surface area contributed by atoms with Gasteiger partial charge >= 0.3 is 0 Å². The Labute approximate surface area is 123 Å². The summed E-state index contributed by atoms with van der Waals surface area (Å²) in [7, 11) is 0. The van der Waals surface area contributed by atoms with Gasteiger partial charge in [-0.05, 0) is 46.6 Å². The molecule has 2 atom stereocenters. The molecule has 1 nitrogen and oxygen atoms in total. The van der Waals surface area contributed by atoms with Crippen LogP contribution in [0.5, 0.6) is 0 Å². The minimum absolute atomic E-state index is 0.107. The van der Waals surface area contributed by atoms with Crippen LogP contribution in [0, 0.1) is 18.3 Å². The van der Waals surface area contributed by atoms with Crippen molar-refractivity contribution in [1.29, 1.82) is 0 Å².